The molecule has 5 nitrogen and oxygen atoms in total. The molecule has 184 valence electrons. The molecule has 6 heteroatoms. The quantitative estimate of drug-likeness (QED) is 0.390. The number of carbonyl (C=O) groups is 2. The van der Waals surface area contributed by atoms with Gasteiger partial charge in [-0.25, -0.2) is 0 Å². The Bertz CT molecular complexity index is 943. The highest BCUT2D eigenvalue weighted by Crippen LogP contribution is 2.35. The molecule has 2 aromatic carbocycles. The molecule has 0 spiro atoms. The Kier molecular flexibility index (Phi) is 9.15. The maximum atomic E-state index is 12.8. The Hall–Kier alpha value is -2.37. The third-order valence-corrected chi connectivity index (χ3v) is 6.64. The largest absolute Gasteiger partial charge is 0.459 e. The summed E-state index contributed by atoms with van der Waals surface area (Å²) in [5.41, 5.74) is 2.86. The maximum absolute atomic E-state index is 12.8. The molecule has 1 saturated carbocycles. The Morgan fingerprint density at radius 3 is 2.21 bits per heavy atom. The van der Waals surface area contributed by atoms with E-state index < -0.39 is 5.60 Å². The van der Waals surface area contributed by atoms with Crippen molar-refractivity contribution in [3.8, 4) is 0 Å². The average Bonchev–Trinajstić information content (AvgIpc) is 2.81. The molecule has 1 fully saturated rings. The summed E-state index contributed by atoms with van der Waals surface area (Å²) >= 11 is 5.95. The van der Waals surface area contributed by atoms with Crippen LogP contribution in [-0.2, 0) is 16.0 Å². The van der Waals surface area contributed by atoms with Crippen molar-refractivity contribution >= 4 is 23.5 Å². The molecule has 3 rings (SSSR count). The summed E-state index contributed by atoms with van der Waals surface area (Å²) in [7, 11) is 1.91. The molecule has 1 aliphatic carbocycles. The van der Waals surface area contributed by atoms with Gasteiger partial charge in [0.15, 0.2) is 0 Å². The first-order valence-electron chi connectivity index (χ1n) is 12.2. The van der Waals surface area contributed by atoms with Crippen molar-refractivity contribution in [2.24, 2.45) is 0 Å². The van der Waals surface area contributed by atoms with E-state index in [2.05, 4.69) is 29.6 Å². The molecule has 0 saturated heterocycles. The van der Waals surface area contributed by atoms with Crippen molar-refractivity contribution in [3.63, 3.8) is 0 Å². The van der Waals surface area contributed by atoms with Crippen molar-refractivity contribution in [2.75, 3.05) is 20.1 Å². The Morgan fingerprint density at radius 2 is 1.62 bits per heavy atom. The average molecular weight is 485 g/mol. The van der Waals surface area contributed by atoms with Crippen molar-refractivity contribution in [3.05, 3.63) is 70.2 Å². The Morgan fingerprint density at radius 1 is 1.00 bits per heavy atom. The summed E-state index contributed by atoms with van der Waals surface area (Å²) in [4.78, 5) is 26.5. The monoisotopic (exact) mass is 484 g/mol. The molecule has 1 N–H and O–H groups in total. The van der Waals surface area contributed by atoms with Crippen LogP contribution in [0.3, 0.4) is 0 Å². The molecule has 0 heterocycles. The van der Waals surface area contributed by atoms with Crippen LogP contribution < -0.4 is 5.32 Å². The molecule has 0 radical (unpaired) electrons. The second-order valence-electron chi connectivity index (χ2n) is 10.2. The van der Waals surface area contributed by atoms with Gasteiger partial charge < -0.3 is 15.0 Å². The van der Waals surface area contributed by atoms with Crippen molar-refractivity contribution in [1.82, 2.24) is 10.2 Å². The molecule has 0 aliphatic heterocycles. The summed E-state index contributed by atoms with van der Waals surface area (Å²) in [5.74, 6) is 0.373. The van der Waals surface area contributed by atoms with Gasteiger partial charge in [0.2, 0.25) is 0 Å². The number of carbonyl (C=O) groups excluding carboxylic acids is 2. The smallest absolute Gasteiger partial charge is 0.320 e. The second-order valence-corrected chi connectivity index (χ2v) is 10.6. The van der Waals surface area contributed by atoms with Crippen LogP contribution in [0.25, 0.3) is 0 Å². The second kappa shape index (κ2) is 11.9. The van der Waals surface area contributed by atoms with Gasteiger partial charge in [-0.2, -0.15) is 0 Å². The molecule has 0 unspecified atom stereocenters. The van der Waals surface area contributed by atoms with Crippen LogP contribution >= 0.6 is 11.6 Å². The number of hydrogen-bond donors (Lipinski definition) is 1. The zero-order valence-corrected chi connectivity index (χ0v) is 21.5. The van der Waals surface area contributed by atoms with Gasteiger partial charge >= 0.3 is 5.97 Å². The van der Waals surface area contributed by atoms with Gasteiger partial charge in [0, 0.05) is 23.7 Å². The van der Waals surface area contributed by atoms with E-state index in [9.17, 15) is 9.59 Å². The summed E-state index contributed by atoms with van der Waals surface area (Å²) in [6, 6.07) is 16.2. The van der Waals surface area contributed by atoms with Crippen molar-refractivity contribution in [2.45, 2.75) is 70.4 Å². The van der Waals surface area contributed by atoms with Gasteiger partial charge in [0.1, 0.15) is 5.60 Å². The summed E-state index contributed by atoms with van der Waals surface area (Å²) in [6.45, 7) is 6.58. The molecule has 2 aromatic rings. The van der Waals surface area contributed by atoms with E-state index in [1.165, 1.54) is 11.1 Å². The van der Waals surface area contributed by atoms with Crippen LogP contribution in [0.5, 0.6) is 0 Å². The molecule has 0 bridgehead atoms. The predicted molar refractivity (Wildman–Crippen MR) is 137 cm³/mol. The fraction of sp³-hybridized carbons (Fsp3) is 0.500. The summed E-state index contributed by atoms with van der Waals surface area (Å²) < 4.78 is 5.31. The van der Waals surface area contributed by atoms with Gasteiger partial charge in [0.25, 0.3) is 5.91 Å². The molecular weight excluding hydrogens is 448 g/mol. The normalized spacial score (nSPS) is 18.4. The standard InChI is InChI=1S/C28H37ClN2O3/c1-28(2,3)34-26(32)19-30-18-17-20-5-7-21(8-6-20)22-11-15-25(16-12-22)31(4)27(33)23-9-13-24(29)14-10-23/h5-10,13-14,22,25,30H,11-12,15-19H2,1-4H3. The van der Waals surface area contributed by atoms with Gasteiger partial charge in [0.05, 0.1) is 6.54 Å². The van der Waals surface area contributed by atoms with Gasteiger partial charge in [-0.3, -0.25) is 9.59 Å². The van der Waals surface area contributed by atoms with Crippen LogP contribution in [0.15, 0.2) is 48.5 Å². The number of benzene rings is 2. The first-order valence-corrected chi connectivity index (χ1v) is 12.5. The van der Waals surface area contributed by atoms with Crippen LogP contribution in [0.2, 0.25) is 5.02 Å². The third-order valence-electron chi connectivity index (χ3n) is 6.39. The number of nitrogens with zero attached hydrogens (tertiary/aromatic N) is 1. The van der Waals surface area contributed by atoms with Crippen LogP contribution in [-0.4, -0.2) is 48.6 Å². The number of halogens is 1. The Balaban J connectivity index is 1.42. The zero-order chi connectivity index (χ0) is 24.7. The van der Waals surface area contributed by atoms with E-state index in [0.717, 1.165) is 38.6 Å². The maximum Gasteiger partial charge on any atom is 0.320 e. The lowest BCUT2D eigenvalue weighted by atomic mass is 9.81. The first-order chi connectivity index (χ1) is 16.1. The van der Waals surface area contributed by atoms with E-state index in [1.54, 1.807) is 24.3 Å². The Labute approximate surface area is 208 Å². The highest BCUT2D eigenvalue weighted by Gasteiger charge is 2.27. The molecule has 0 aromatic heterocycles. The molecule has 0 atom stereocenters. The third kappa shape index (κ3) is 7.85. The predicted octanol–water partition coefficient (Wildman–Crippen LogP) is 5.61. The number of ether oxygens (including phenoxy) is 1. The minimum atomic E-state index is -0.449. The van der Waals surface area contributed by atoms with Gasteiger partial charge in [-0.1, -0.05) is 35.9 Å². The van der Waals surface area contributed by atoms with E-state index >= 15 is 0 Å². The number of hydrogen-bond acceptors (Lipinski definition) is 4. The van der Waals surface area contributed by atoms with Crippen molar-refractivity contribution in [1.29, 1.82) is 0 Å². The topological polar surface area (TPSA) is 58.6 Å². The lowest BCUT2D eigenvalue weighted by Gasteiger charge is -2.35. The molecular formula is C28H37ClN2O3. The van der Waals surface area contributed by atoms with Crippen molar-refractivity contribution < 1.29 is 14.3 Å². The highest BCUT2D eigenvalue weighted by molar-refractivity contribution is 6.30. The van der Waals surface area contributed by atoms with Gasteiger partial charge in [-0.15, -0.1) is 0 Å². The van der Waals surface area contributed by atoms with E-state index in [-0.39, 0.29) is 24.5 Å². The SMILES string of the molecule is CN(C(=O)c1ccc(Cl)cc1)C1CCC(c2ccc(CCNCC(=O)OC(C)(C)C)cc2)CC1. The lowest BCUT2D eigenvalue weighted by Crippen LogP contribution is -2.39. The highest BCUT2D eigenvalue weighted by atomic mass is 35.5. The zero-order valence-electron chi connectivity index (χ0n) is 20.8. The van der Waals surface area contributed by atoms with Gasteiger partial charge in [-0.05, 0) is 101 Å². The number of nitrogens with one attached hydrogen (secondary N) is 1. The first kappa shape index (κ1) is 26.2. The van der Waals surface area contributed by atoms with Crippen LogP contribution in [0.4, 0.5) is 0 Å². The van der Waals surface area contributed by atoms with E-state index in [4.69, 9.17) is 16.3 Å². The molecule has 1 aliphatic rings. The van der Waals surface area contributed by atoms with Crippen LogP contribution in [0.1, 0.15) is 73.9 Å². The minimum absolute atomic E-state index is 0.0600. The number of amides is 1. The number of rotatable bonds is 8. The summed E-state index contributed by atoms with van der Waals surface area (Å²) in [5, 5.41) is 3.80. The fourth-order valence-electron chi connectivity index (χ4n) is 4.52. The number of esters is 1. The molecule has 34 heavy (non-hydrogen) atoms. The molecule has 1 amide bonds. The van der Waals surface area contributed by atoms with E-state index in [1.807, 2.05) is 32.7 Å². The fourth-order valence-corrected chi connectivity index (χ4v) is 4.64. The minimum Gasteiger partial charge on any atom is -0.459 e. The lowest BCUT2D eigenvalue weighted by molar-refractivity contribution is -0.153. The van der Waals surface area contributed by atoms with E-state index in [0.29, 0.717) is 16.5 Å². The summed E-state index contributed by atoms with van der Waals surface area (Å²) in [6.07, 6.45) is 5.06. The van der Waals surface area contributed by atoms with Crippen LogP contribution in [0, 0.1) is 0 Å².